The van der Waals surface area contributed by atoms with E-state index in [-0.39, 0.29) is 23.1 Å². The maximum atomic E-state index is 13.5. The van der Waals surface area contributed by atoms with E-state index < -0.39 is 0 Å². The summed E-state index contributed by atoms with van der Waals surface area (Å²) in [5.74, 6) is 0.273. The van der Waals surface area contributed by atoms with Crippen molar-refractivity contribution >= 4 is 22.7 Å². The third-order valence-electron chi connectivity index (χ3n) is 7.82. The Labute approximate surface area is 216 Å². The lowest BCUT2D eigenvalue weighted by Crippen LogP contribution is -2.33. The van der Waals surface area contributed by atoms with Crippen LogP contribution in [0.2, 0.25) is 0 Å². The van der Waals surface area contributed by atoms with Gasteiger partial charge in [-0.05, 0) is 68.1 Å². The fraction of sp³-hybridized carbons (Fsp3) is 0.464. The Morgan fingerprint density at radius 1 is 0.892 bits per heavy atom. The molecule has 2 amide bonds. The van der Waals surface area contributed by atoms with Gasteiger partial charge in [-0.2, -0.15) is 5.10 Å². The van der Waals surface area contributed by atoms with Gasteiger partial charge >= 0.3 is 0 Å². The molecule has 3 aliphatic rings. The maximum Gasteiger partial charge on any atom is 0.274 e. The third kappa shape index (κ3) is 4.75. The summed E-state index contributed by atoms with van der Waals surface area (Å²) < 4.78 is 6.02. The minimum atomic E-state index is -0.274. The molecule has 194 valence electrons. The molecule has 0 unspecified atom stereocenters. The first-order chi connectivity index (χ1) is 18.1. The highest BCUT2D eigenvalue weighted by molar-refractivity contribution is 6.08. The van der Waals surface area contributed by atoms with Crippen molar-refractivity contribution in [2.75, 3.05) is 39.3 Å². The van der Waals surface area contributed by atoms with Crippen LogP contribution in [0.3, 0.4) is 0 Å². The van der Waals surface area contributed by atoms with Crippen molar-refractivity contribution in [3.8, 4) is 11.5 Å². The zero-order valence-corrected chi connectivity index (χ0v) is 21.0. The quantitative estimate of drug-likeness (QED) is 0.534. The van der Waals surface area contributed by atoms with E-state index in [1.54, 1.807) is 15.9 Å². The summed E-state index contributed by atoms with van der Waals surface area (Å²) >= 11 is 0. The highest BCUT2D eigenvalue weighted by Crippen LogP contribution is 2.32. The molecule has 0 atom stereocenters. The molecule has 9 nitrogen and oxygen atoms in total. The predicted molar refractivity (Wildman–Crippen MR) is 139 cm³/mol. The van der Waals surface area contributed by atoms with Gasteiger partial charge in [0.05, 0.1) is 11.1 Å². The summed E-state index contributed by atoms with van der Waals surface area (Å²) in [6, 6.07) is 9.08. The van der Waals surface area contributed by atoms with Crippen LogP contribution < -0.4 is 4.74 Å². The topological polar surface area (TPSA) is 102 Å². The summed E-state index contributed by atoms with van der Waals surface area (Å²) in [5.41, 5.74) is 3.13. The van der Waals surface area contributed by atoms with E-state index in [4.69, 9.17) is 4.74 Å². The summed E-state index contributed by atoms with van der Waals surface area (Å²) in [6.45, 7) is 6.22. The number of phenols is 1. The van der Waals surface area contributed by atoms with Crippen LogP contribution in [0.25, 0.3) is 10.9 Å². The van der Waals surface area contributed by atoms with Gasteiger partial charge in [0, 0.05) is 44.2 Å². The number of ether oxygens (including phenoxy) is 1. The molecule has 1 aromatic heterocycles. The van der Waals surface area contributed by atoms with Gasteiger partial charge in [-0.3, -0.25) is 19.6 Å². The number of rotatable bonds is 6. The lowest BCUT2D eigenvalue weighted by atomic mass is 10.1. The van der Waals surface area contributed by atoms with Crippen molar-refractivity contribution in [2.24, 2.45) is 0 Å². The summed E-state index contributed by atoms with van der Waals surface area (Å²) in [7, 11) is 0. The summed E-state index contributed by atoms with van der Waals surface area (Å²) in [6.07, 6.45) is 5.82. The van der Waals surface area contributed by atoms with Crippen LogP contribution in [-0.2, 0) is 13.1 Å². The number of aromatic amines is 1. The second-order valence-electron chi connectivity index (χ2n) is 10.3. The number of piperidine rings is 1. The number of amides is 2. The lowest BCUT2D eigenvalue weighted by molar-refractivity contribution is 0.0746. The van der Waals surface area contributed by atoms with E-state index in [9.17, 15) is 14.7 Å². The van der Waals surface area contributed by atoms with Gasteiger partial charge in [0.15, 0.2) is 5.69 Å². The van der Waals surface area contributed by atoms with Gasteiger partial charge in [-0.15, -0.1) is 0 Å². The molecule has 9 heteroatoms. The van der Waals surface area contributed by atoms with Crippen LogP contribution in [0.1, 0.15) is 64.1 Å². The molecule has 3 aromatic rings. The molecule has 37 heavy (non-hydrogen) atoms. The molecule has 4 heterocycles. The molecule has 0 radical (unpaired) electrons. The largest absolute Gasteiger partial charge is 0.507 e. The van der Waals surface area contributed by atoms with Crippen molar-refractivity contribution in [3.63, 3.8) is 0 Å². The Morgan fingerprint density at radius 2 is 1.65 bits per heavy atom. The Balaban J connectivity index is 1.15. The number of hydrogen-bond donors (Lipinski definition) is 2. The van der Waals surface area contributed by atoms with Crippen LogP contribution in [0.4, 0.5) is 0 Å². The number of benzene rings is 2. The van der Waals surface area contributed by atoms with Crippen molar-refractivity contribution in [2.45, 2.75) is 45.2 Å². The van der Waals surface area contributed by atoms with Gasteiger partial charge in [-0.25, -0.2) is 0 Å². The van der Waals surface area contributed by atoms with Gasteiger partial charge in [-0.1, -0.05) is 12.5 Å². The van der Waals surface area contributed by atoms with Crippen molar-refractivity contribution in [1.29, 1.82) is 0 Å². The fourth-order valence-corrected chi connectivity index (χ4v) is 5.71. The Bertz CT molecular complexity index is 1320. The zero-order valence-electron chi connectivity index (χ0n) is 21.0. The number of likely N-dealkylation sites (tertiary alicyclic amines) is 2. The molecular formula is C28H33N5O4. The molecule has 3 aliphatic heterocycles. The number of carbonyl (C=O) groups is 2. The number of hydrogen-bond acceptors (Lipinski definition) is 6. The number of nitrogens with zero attached hydrogens (tertiary/aromatic N) is 4. The Morgan fingerprint density at radius 3 is 2.46 bits per heavy atom. The maximum absolute atomic E-state index is 13.5. The molecule has 2 N–H and O–H groups in total. The van der Waals surface area contributed by atoms with Crippen molar-refractivity contribution in [3.05, 3.63) is 52.7 Å². The number of carbonyl (C=O) groups excluding carboxylic acids is 2. The molecule has 0 spiro atoms. The monoisotopic (exact) mass is 503 g/mol. The van der Waals surface area contributed by atoms with Gasteiger partial charge in [0.1, 0.15) is 18.1 Å². The number of fused-ring (bicyclic) bond motifs is 2. The zero-order chi connectivity index (χ0) is 25.4. The molecule has 0 bridgehead atoms. The highest BCUT2D eigenvalue weighted by atomic mass is 16.5. The minimum absolute atomic E-state index is 0.126. The molecule has 0 aliphatic carbocycles. The minimum Gasteiger partial charge on any atom is -0.507 e. The molecule has 0 saturated carbocycles. The van der Waals surface area contributed by atoms with Crippen LogP contribution in [0, 0.1) is 0 Å². The third-order valence-corrected chi connectivity index (χ3v) is 7.82. The number of aromatic hydroxyl groups is 1. The van der Waals surface area contributed by atoms with Gasteiger partial charge in [0.2, 0.25) is 0 Å². The first-order valence-corrected chi connectivity index (χ1v) is 13.3. The molecule has 2 saturated heterocycles. The molecule has 6 rings (SSSR count). The Hall–Kier alpha value is -3.59. The average molecular weight is 504 g/mol. The van der Waals surface area contributed by atoms with E-state index in [0.717, 1.165) is 49.4 Å². The highest BCUT2D eigenvalue weighted by Gasteiger charge is 2.29. The van der Waals surface area contributed by atoms with Crippen LogP contribution in [-0.4, -0.2) is 81.1 Å². The Kier molecular flexibility index (Phi) is 6.46. The predicted octanol–water partition coefficient (Wildman–Crippen LogP) is 3.53. The summed E-state index contributed by atoms with van der Waals surface area (Å²) in [5, 5.41) is 18.2. The first-order valence-electron chi connectivity index (χ1n) is 13.3. The van der Waals surface area contributed by atoms with E-state index in [0.29, 0.717) is 49.4 Å². The normalized spacial score (nSPS) is 17.9. The fourth-order valence-electron chi connectivity index (χ4n) is 5.71. The van der Waals surface area contributed by atoms with E-state index >= 15 is 0 Å². The van der Waals surface area contributed by atoms with E-state index in [1.165, 1.54) is 25.3 Å². The first kappa shape index (κ1) is 23.8. The van der Waals surface area contributed by atoms with Crippen LogP contribution in [0.15, 0.2) is 30.3 Å². The second kappa shape index (κ2) is 10.0. The SMILES string of the molecule is O=C(c1cc2c(C(=O)N3CCCC3)n[nH]c2cc1O)N1Cc2ccc(OCCN3CCCCC3)cc2C1. The van der Waals surface area contributed by atoms with Crippen LogP contribution >= 0.6 is 0 Å². The molecular weight excluding hydrogens is 470 g/mol. The number of aromatic nitrogens is 2. The van der Waals surface area contributed by atoms with Crippen molar-refractivity contribution < 1.29 is 19.4 Å². The van der Waals surface area contributed by atoms with E-state index in [1.807, 2.05) is 18.2 Å². The summed E-state index contributed by atoms with van der Waals surface area (Å²) in [4.78, 5) is 32.4. The van der Waals surface area contributed by atoms with Crippen molar-refractivity contribution in [1.82, 2.24) is 24.9 Å². The standard InChI is InChI=1S/C28H33N5O4/c34-25-16-24-22(26(30-29-24)28(36)32-10-4-5-11-32)15-23(25)27(35)33-17-19-6-7-21(14-20(19)18-33)37-13-12-31-8-2-1-3-9-31/h6-7,14-16,34H,1-5,8-13,17-18H2,(H,29,30). The number of phenolic OH excluding ortho intramolecular Hbond substituents is 1. The lowest BCUT2D eigenvalue weighted by Gasteiger charge is -2.26. The van der Waals surface area contributed by atoms with Gasteiger partial charge < -0.3 is 19.6 Å². The smallest absolute Gasteiger partial charge is 0.274 e. The molecule has 2 aromatic carbocycles. The second-order valence-corrected chi connectivity index (χ2v) is 10.3. The molecule has 2 fully saturated rings. The van der Waals surface area contributed by atoms with Crippen LogP contribution in [0.5, 0.6) is 11.5 Å². The average Bonchev–Trinajstić information content (AvgIpc) is 3.67. The van der Waals surface area contributed by atoms with E-state index in [2.05, 4.69) is 15.1 Å². The number of nitrogens with one attached hydrogen (secondary N) is 1. The van der Waals surface area contributed by atoms with Gasteiger partial charge in [0.25, 0.3) is 11.8 Å². The number of H-pyrrole nitrogens is 1.